The monoisotopic (exact) mass is 339 g/mol. The average Bonchev–Trinajstić information content (AvgIpc) is 3.37. The van der Waals surface area contributed by atoms with Crippen LogP contribution < -0.4 is 10.1 Å². The van der Waals surface area contributed by atoms with Crippen LogP contribution in [0.3, 0.4) is 0 Å². The number of ether oxygens (including phenoxy) is 1. The molecule has 0 spiro atoms. The number of carbonyl (C=O) groups is 2. The number of carboxylic acid groups (broad SMARTS) is 1. The molecule has 2 N–H and O–H groups in total. The molecule has 1 fully saturated rings. The number of aromatic carboxylic acids is 1. The minimum absolute atomic E-state index is 0.0730. The summed E-state index contributed by atoms with van der Waals surface area (Å²) in [6, 6.07) is 11.1. The van der Waals surface area contributed by atoms with Crippen LogP contribution in [0.15, 0.2) is 36.4 Å². The molecule has 0 aromatic heterocycles. The van der Waals surface area contributed by atoms with Gasteiger partial charge in [0, 0.05) is 11.6 Å². The zero-order chi connectivity index (χ0) is 18.1. The van der Waals surface area contributed by atoms with Crippen molar-refractivity contribution in [3.8, 4) is 5.75 Å². The van der Waals surface area contributed by atoms with Gasteiger partial charge in [0.05, 0.1) is 12.7 Å². The van der Waals surface area contributed by atoms with Crippen molar-refractivity contribution in [3.63, 3.8) is 0 Å². The highest BCUT2D eigenvalue weighted by Gasteiger charge is 2.44. The highest BCUT2D eigenvalue weighted by Crippen LogP contribution is 2.48. The van der Waals surface area contributed by atoms with Gasteiger partial charge in [0.2, 0.25) is 5.91 Å². The van der Waals surface area contributed by atoms with Crippen molar-refractivity contribution in [2.45, 2.75) is 26.2 Å². The topological polar surface area (TPSA) is 75.6 Å². The summed E-state index contributed by atoms with van der Waals surface area (Å²) in [5, 5.41) is 12.1. The van der Waals surface area contributed by atoms with E-state index >= 15 is 0 Å². The first kappa shape index (κ1) is 17.0. The first-order valence-corrected chi connectivity index (χ1v) is 8.20. The molecule has 2 aromatic rings. The van der Waals surface area contributed by atoms with Crippen LogP contribution in [0.4, 0.5) is 5.69 Å². The minimum Gasteiger partial charge on any atom is -0.497 e. The number of hydrogen-bond acceptors (Lipinski definition) is 3. The van der Waals surface area contributed by atoms with E-state index in [9.17, 15) is 14.7 Å². The number of carboxylic acids is 1. The Morgan fingerprint density at radius 1 is 1.16 bits per heavy atom. The van der Waals surface area contributed by atoms with Gasteiger partial charge in [-0.25, -0.2) is 4.79 Å². The summed E-state index contributed by atoms with van der Waals surface area (Å²) in [6.45, 7) is 3.61. The van der Waals surface area contributed by atoms with Crippen LogP contribution in [-0.2, 0) is 4.79 Å². The van der Waals surface area contributed by atoms with E-state index in [1.807, 2.05) is 31.2 Å². The van der Waals surface area contributed by atoms with Crippen molar-refractivity contribution in [1.82, 2.24) is 0 Å². The number of nitrogens with one attached hydrogen (secondary N) is 1. The van der Waals surface area contributed by atoms with Gasteiger partial charge in [0.1, 0.15) is 5.75 Å². The number of amides is 1. The number of aryl methyl sites for hydroxylation is 2. The van der Waals surface area contributed by atoms with Crippen molar-refractivity contribution in [2.75, 3.05) is 12.4 Å². The fourth-order valence-electron chi connectivity index (χ4n) is 3.17. The third kappa shape index (κ3) is 3.50. The molecule has 2 unspecified atom stereocenters. The largest absolute Gasteiger partial charge is 0.497 e. The molecule has 5 nitrogen and oxygen atoms in total. The van der Waals surface area contributed by atoms with Crippen LogP contribution in [0.25, 0.3) is 0 Å². The molecule has 0 aliphatic heterocycles. The first-order valence-electron chi connectivity index (χ1n) is 8.20. The summed E-state index contributed by atoms with van der Waals surface area (Å²) in [7, 11) is 1.62. The van der Waals surface area contributed by atoms with Crippen LogP contribution in [0.5, 0.6) is 5.75 Å². The van der Waals surface area contributed by atoms with Gasteiger partial charge < -0.3 is 15.2 Å². The van der Waals surface area contributed by atoms with Crippen molar-refractivity contribution >= 4 is 17.6 Å². The molecule has 130 valence electrons. The molecule has 0 saturated heterocycles. The fourth-order valence-corrected chi connectivity index (χ4v) is 3.17. The Balaban J connectivity index is 1.74. The Hall–Kier alpha value is -2.82. The first-order chi connectivity index (χ1) is 11.9. The number of carbonyl (C=O) groups excluding carboxylic acids is 1. The van der Waals surface area contributed by atoms with Crippen LogP contribution in [0.1, 0.15) is 39.4 Å². The molecule has 1 saturated carbocycles. The van der Waals surface area contributed by atoms with Gasteiger partial charge in [-0.05, 0) is 61.1 Å². The Kier molecular flexibility index (Phi) is 4.49. The van der Waals surface area contributed by atoms with E-state index in [0.29, 0.717) is 11.3 Å². The summed E-state index contributed by atoms with van der Waals surface area (Å²) < 4.78 is 5.23. The van der Waals surface area contributed by atoms with Crippen LogP contribution >= 0.6 is 0 Å². The van der Waals surface area contributed by atoms with Gasteiger partial charge in [0.15, 0.2) is 0 Å². The summed E-state index contributed by atoms with van der Waals surface area (Å²) in [6.07, 6.45) is 0.787. The summed E-state index contributed by atoms with van der Waals surface area (Å²) in [5.74, 6) is -0.199. The van der Waals surface area contributed by atoms with Crippen LogP contribution in [-0.4, -0.2) is 24.1 Å². The van der Waals surface area contributed by atoms with Gasteiger partial charge in [-0.3, -0.25) is 4.79 Å². The lowest BCUT2D eigenvalue weighted by atomic mass is 10.0. The van der Waals surface area contributed by atoms with Crippen molar-refractivity contribution in [1.29, 1.82) is 0 Å². The Morgan fingerprint density at radius 2 is 1.92 bits per heavy atom. The predicted molar refractivity (Wildman–Crippen MR) is 95.3 cm³/mol. The molecule has 0 radical (unpaired) electrons. The zero-order valence-corrected chi connectivity index (χ0v) is 14.5. The smallest absolute Gasteiger partial charge is 0.336 e. The second kappa shape index (κ2) is 6.59. The molecule has 1 aliphatic carbocycles. The maximum atomic E-state index is 12.5. The number of benzene rings is 2. The minimum atomic E-state index is -0.992. The summed E-state index contributed by atoms with van der Waals surface area (Å²) in [5.41, 5.74) is 3.40. The molecular weight excluding hydrogens is 318 g/mol. The van der Waals surface area contributed by atoms with Gasteiger partial charge in [-0.1, -0.05) is 18.2 Å². The molecular formula is C20H21NO4. The normalized spacial score (nSPS) is 18.5. The molecule has 1 amide bonds. The number of anilines is 1. The van der Waals surface area contributed by atoms with Crippen molar-refractivity contribution in [2.24, 2.45) is 5.92 Å². The molecule has 3 rings (SSSR count). The van der Waals surface area contributed by atoms with Crippen LogP contribution in [0, 0.1) is 19.8 Å². The molecule has 2 aromatic carbocycles. The molecule has 0 bridgehead atoms. The summed E-state index contributed by atoms with van der Waals surface area (Å²) in [4.78, 5) is 23.8. The lowest BCUT2D eigenvalue weighted by molar-refractivity contribution is -0.117. The van der Waals surface area contributed by atoms with E-state index in [-0.39, 0.29) is 23.3 Å². The van der Waals surface area contributed by atoms with Crippen molar-refractivity contribution < 1.29 is 19.4 Å². The highest BCUT2D eigenvalue weighted by atomic mass is 16.5. The third-order valence-corrected chi connectivity index (χ3v) is 4.71. The van der Waals surface area contributed by atoms with E-state index in [2.05, 4.69) is 5.32 Å². The van der Waals surface area contributed by atoms with E-state index in [1.54, 1.807) is 20.1 Å². The lowest BCUT2D eigenvalue weighted by Gasteiger charge is -2.11. The lowest BCUT2D eigenvalue weighted by Crippen LogP contribution is -2.16. The fraction of sp³-hybridized carbons (Fsp3) is 0.300. The van der Waals surface area contributed by atoms with E-state index in [1.165, 1.54) is 6.07 Å². The average molecular weight is 339 g/mol. The molecule has 25 heavy (non-hydrogen) atoms. The maximum absolute atomic E-state index is 12.5. The molecule has 2 atom stereocenters. The number of methoxy groups -OCH3 is 1. The quantitative estimate of drug-likeness (QED) is 0.870. The highest BCUT2D eigenvalue weighted by molar-refractivity contribution is 5.98. The maximum Gasteiger partial charge on any atom is 0.336 e. The van der Waals surface area contributed by atoms with E-state index in [0.717, 1.165) is 23.3 Å². The van der Waals surface area contributed by atoms with E-state index < -0.39 is 5.97 Å². The Labute approximate surface area is 146 Å². The van der Waals surface area contributed by atoms with Gasteiger partial charge >= 0.3 is 5.97 Å². The second-order valence-corrected chi connectivity index (χ2v) is 6.50. The van der Waals surface area contributed by atoms with Gasteiger partial charge in [-0.2, -0.15) is 0 Å². The molecule has 5 heteroatoms. The third-order valence-electron chi connectivity index (χ3n) is 4.71. The van der Waals surface area contributed by atoms with Crippen LogP contribution in [0.2, 0.25) is 0 Å². The van der Waals surface area contributed by atoms with Gasteiger partial charge in [-0.15, -0.1) is 0 Å². The number of hydrogen-bond donors (Lipinski definition) is 2. The number of rotatable bonds is 5. The Morgan fingerprint density at radius 3 is 2.60 bits per heavy atom. The molecule has 1 aliphatic rings. The second-order valence-electron chi connectivity index (χ2n) is 6.50. The standard InChI is InChI=1S/C20H21NO4/c1-11-7-12(2)18(10-15(11)20(23)24)21-19(22)17-9-16(17)13-5-4-6-14(8-13)25-3/h4-8,10,16-17H,9H2,1-3H3,(H,21,22)(H,23,24). The zero-order valence-electron chi connectivity index (χ0n) is 14.5. The predicted octanol–water partition coefficient (Wildman–Crippen LogP) is 3.75. The molecule has 0 heterocycles. The Bertz CT molecular complexity index is 844. The SMILES string of the molecule is COc1cccc(C2CC2C(=O)Nc2cc(C(=O)O)c(C)cc2C)c1. The summed E-state index contributed by atoms with van der Waals surface area (Å²) >= 11 is 0. The van der Waals surface area contributed by atoms with E-state index in [4.69, 9.17) is 4.74 Å². The van der Waals surface area contributed by atoms with Gasteiger partial charge in [0.25, 0.3) is 0 Å². The van der Waals surface area contributed by atoms with Crippen molar-refractivity contribution in [3.05, 3.63) is 58.7 Å².